The maximum absolute atomic E-state index is 13.9. The monoisotopic (exact) mass is 286 g/mol. The van der Waals surface area contributed by atoms with E-state index in [0.717, 1.165) is 24.2 Å². The number of rotatable bonds is 1. The van der Waals surface area contributed by atoms with Gasteiger partial charge in [-0.05, 0) is 61.4 Å². The Kier molecular flexibility index (Phi) is 3.21. The Labute approximate surface area is 125 Å². The van der Waals surface area contributed by atoms with Crippen LogP contribution in [0.15, 0.2) is 24.3 Å². The summed E-state index contributed by atoms with van der Waals surface area (Å²) in [4.78, 5) is 0. The molecule has 3 heteroatoms. The largest absolute Gasteiger partial charge is 0.324 e. The minimum Gasteiger partial charge on any atom is -0.324 e. The molecule has 0 fully saturated rings. The Morgan fingerprint density at radius 3 is 2.62 bits per heavy atom. The van der Waals surface area contributed by atoms with E-state index in [1.807, 2.05) is 12.1 Å². The first-order valence-electron chi connectivity index (χ1n) is 7.52. The van der Waals surface area contributed by atoms with E-state index in [1.165, 1.54) is 11.3 Å². The highest BCUT2D eigenvalue weighted by atomic mass is 19.1. The highest BCUT2D eigenvalue weighted by Crippen LogP contribution is 2.41. The fourth-order valence-corrected chi connectivity index (χ4v) is 3.53. The van der Waals surface area contributed by atoms with Gasteiger partial charge in [0, 0.05) is 23.1 Å². The van der Waals surface area contributed by atoms with Gasteiger partial charge in [0.2, 0.25) is 0 Å². The van der Waals surface area contributed by atoms with Crippen molar-refractivity contribution in [2.75, 3.05) is 0 Å². The van der Waals surface area contributed by atoms with E-state index in [4.69, 9.17) is 5.73 Å². The number of aryl methyl sites for hydroxylation is 2. The molecule has 0 saturated carbocycles. The van der Waals surface area contributed by atoms with Crippen molar-refractivity contribution in [3.63, 3.8) is 0 Å². The van der Waals surface area contributed by atoms with Crippen molar-refractivity contribution in [1.82, 2.24) is 4.57 Å². The molecule has 1 unspecified atom stereocenters. The topological polar surface area (TPSA) is 30.9 Å². The van der Waals surface area contributed by atoms with Crippen LogP contribution in [0.4, 0.5) is 4.39 Å². The van der Waals surface area contributed by atoms with E-state index in [2.05, 4.69) is 31.4 Å². The number of hydrogen-bond donors (Lipinski definition) is 1. The van der Waals surface area contributed by atoms with Gasteiger partial charge in [-0.3, -0.25) is 0 Å². The summed E-state index contributed by atoms with van der Waals surface area (Å²) < 4.78 is 16.1. The number of fused-ring (bicyclic) bond motifs is 1. The zero-order chi connectivity index (χ0) is 15.4. The number of halogens is 1. The predicted molar refractivity (Wildman–Crippen MR) is 84.2 cm³/mol. The molecule has 0 amide bonds. The Morgan fingerprint density at radius 2 is 1.95 bits per heavy atom. The van der Waals surface area contributed by atoms with Gasteiger partial charge in [-0.25, -0.2) is 4.39 Å². The van der Waals surface area contributed by atoms with E-state index in [0.29, 0.717) is 5.56 Å². The summed E-state index contributed by atoms with van der Waals surface area (Å²) in [7, 11) is 0. The van der Waals surface area contributed by atoms with E-state index < -0.39 is 0 Å². The first-order chi connectivity index (χ1) is 9.78. The fourth-order valence-electron chi connectivity index (χ4n) is 3.53. The van der Waals surface area contributed by atoms with Gasteiger partial charge >= 0.3 is 0 Å². The number of benzene rings is 1. The van der Waals surface area contributed by atoms with Crippen molar-refractivity contribution in [3.8, 4) is 5.69 Å². The van der Waals surface area contributed by atoms with Gasteiger partial charge in [0.05, 0.1) is 0 Å². The minimum atomic E-state index is -0.159. The molecule has 2 N–H and O–H groups in total. The first kappa shape index (κ1) is 14.3. The summed E-state index contributed by atoms with van der Waals surface area (Å²) in [6.45, 7) is 8.35. The van der Waals surface area contributed by atoms with E-state index in [9.17, 15) is 4.39 Å². The lowest BCUT2D eigenvalue weighted by atomic mass is 9.74. The van der Waals surface area contributed by atoms with Crippen molar-refractivity contribution < 1.29 is 4.39 Å². The normalized spacial score (nSPS) is 20.4. The summed E-state index contributed by atoms with van der Waals surface area (Å²) >= 11 is 0. The smallest absolute Gasteiger partial charge is 0.128 e. The molecule has 0 radical (unpaired) electrons. The van der Waals surface area contributed by atoms with Crippen LogP contribution in [0.3, 0.4) is 0 Å². The van der Waals surface area contributed by atoms with E-state index >= 15 is 0 Å². The maximum atomic E-state index is 13.9. The van der Waals surface area contributed by atoms with Crippen LogP contribution in [-0.4, -0.2) is 4.57 Å². The van der Waals surface area contributed by atoms with Gasteiger partial charge < -0.3 is 10.3 Å². The summed E-state index contributed by atoms with van der Waals surface area (Å²) in [5.41, 5.74) is 11.7. The molecule has 1 atom stereocenters. The zero-order valence-electron chi connectivity index (χ0n) is 13.2. The maximum Gasteiger partial charge on any atom is 0.128 e. The summed E-state index contributed by atoms with van der Waals surface area (Å²) in [6, 6.07) is 7.67. The third kappa shape index (κ3) is 2.40. The van der Waals surface area contributed by atoms with Crippen molar-refractivity contribution in [2.45, 2.75) is 46.6 Å². The zero-order valence-corrected chi connectivity index (χ0v) is 13.2. The Hall–Kier alpha value is -1.61. The van der Waals surface area contributed by atoms with Crippen LogP contribution < -0.4 is 5.73 Å². The quantitative estimate of drug-likeness (QED) is 0.836. The van der Waals surface area contributed by atoms with Crippen LogP contribution in [0.2, 0.25) is 0 Å². The predicted octanol–water partition coefficient (Wildman–Crippen LogP) is 4.21. The molecule has 0 spiro atoms. The second-order valence-electron chi connectivity index (χ2n) is 7.11. The van der Waals surface area contributed by atoms with Crippen LogP contribution in [0.1, 0.15) is 48.8 Å². The summed E-state index contributed by atoms with van der Waals surface area (Å²) in [5, 5.41) is 0. The average molecular weight is 286 g/mol. The molecule has 3 rings (SSSR count). The molecule has 1 aliphatic carbocycles. The van der Waals surface area contributed by atoms with Crippen molar-refractivity contribution in [1.29, 1.82) is 0 Å². The van der Waals surface area contributed by atoms with Gasteiger partial charge in [0.15, 0.2) is 0 Å². The molecule has 1 heterocycles. The average Bonchev–Trinajstić information content (AvgIpc) is 2.68. The molecule has 1 aromatic heterocycles. The molecular weight excluding hydrogens is 263 g/mol. The van der Waals surface area contributed by atoms with Gasteiger partial charge in [-0.15, -0.1) is 0 Å². The third-order valence-electron chi connectivity index (χ3n) is 4.55. The summed E-state index contributed by atoms with van der Waals surface area (Å²) in [5.74, 6) is -0.159. The number of nitrogens with two attached hydrogens (primary N) is 1. The molecule has 0 bridgehead atoms. The van der Waals surface area contributed by atoms with Crippen LogP contribution >= 0.6 is 0 Å². The molecule has 1 aromatic carbocycles. The van der Waals surface area contributed by atoms with Crippen LogP contribution in [0.5, 0.6) is 0 Å². The molecular formula is C18H23FN2. The minimum absolute atomic E-state index is 0.0685. The second kappa shape index (κ2) is 4.70. The van der Waals surface area contributed by atoms with E-state index in [-0.39, 0.29) is 17.3 Å². The molecule has 2 aromatic rings. The first-order valence-corrected chi connectivity index (χ1v) is 7.52. The SMILES string of the molecule is Cc1ccc(-n2c(C)cc3c2CC(C)(C)CC3N)cc1F. The molecule has 0 saturated heterocycles. The van der Waals surface area contributed by atoms with Gasteiger partial charge in [0.25, 0.3) is 0 Å². The molecule has 0 aliphatic heterocycles. The van der Waals surface area contributed by atoms with Crippen molar-refractivity contribution in [2.24, 2.45) is 11.1 Å². The van der Waals surface area contributed by atoms with Crippen LogP contribution in [0.25, 0.3) is 5.69 Å². The standard InChI is InChI=1S/C18H23FN2/c1-11-5-6-13(8-15(11)19)21-12(2)7-14-16(20)9-18(3,4)10-17(14)21/h5-8,16H,9-10,20H2,1-4H3. The van der Waals surface area contributed by atoms with Gasteiger partial charge in [-0.1, -0.05) is 19.9 Å². The van der Waals surface area contributed by atoms with Gasteiger partial charge in [-0.2, -0.15) is 0 Å². The number of nitrogens with zero attached hydrogens (tertiary/aromatic N) is 1. The fraction of sp³-hybridized carbons (Fsp3) is 0.444. The molecule has 112 valence electrons. The van der Waals surface area contributed by atoms with Crippen molar-refractivity contribution >= 4 is 0 Å². The number of hydrogen-bond acceptors (Lipinski definition) is 1. The van der Waals surface area contributed by atoms with Gasteiger partial charge in [0.1, 0.15) is 5.82 Å². The Balaban J connectivity index is 2.18. The molecule has 1 aliphatic rings. The number of aromatic nitrogens is 1. The second-order valence-corrected chi connectivity index (χ2v) is 7.11. The van der Waals surface area contributed by atoms with Crippen LogP contribution in [0, 0.1) is 25.1 Å². The highest BCUT2D eigenvalue weighted by molar-refractivity contribution is 5.45. The Morgan fingerprint density at radius 1 is 1.24 bits per heavy atom. The third-order valence-corrected chi connectivity index (χ3v) is 4.55. The lowest BCUT2D eigenvalue weighted by Gasteiger charge is -2.34. The van der Waals surface area contributed by atoms with E-state index in [1.54, 1.807) is 13.0 Å². The van der Waals surface area contributed by atoms with Crippen molar-refractivity contribution in [3.05, 3.63) is 52.6 Å². The molecule has 21 heavy (non-hydrogen) atoms. The molecule has 2 nitrogen and oxygen atoms in total. The lowest BCUT2D eigenvalue weighted by molar-refractivity contribution is 0.278. The summed E-state index contributed by atoms with van der Waals surface area (Å²) in [6.07, 6.45) is 1.96. The highest BCUT2D eigenvalue weighted by Gasteiger charge is 2.33. The Bertz CT molecular complexity index is 697. The van der Waals surface area contributed by atoms with Crippen LogP contribution in [-0.2, 0) is 6.42 Å². The lowest BCUT2D eigenvalue weighted by Crippen LogP contribution is -2.30.